The highest BCUT2D eigenvalue weighted by Crippen LogP contribution is 2.40. The first kappa shape index (κ1) is 55.4. The molecule has 2 bridgehead atoms. The Labute approximate surface area is 407 Å². The van der Waals surface area contributed by atoms with Crippen LogP contribution < -0.4 is 0 Å². The van der Waals surface area contributed by atoms with Crippen molar-refractivity contribution in [1.82, 2.24) is 4.90 Å². The lowest BCUT2D eigenvalue weighted by Crippen LogP contribution is -2.64. The molecule has 14 nitrogen and oxygen atoms in total. The van der Waals surface area contributed by atoms with Crippen molar-refractivity contribution < 1.29 is 62.6 Å². The van der Waals surface area contributed by atoms with Crippen LogP contribution in [0, 0.1) is 29.6 Å². The predicted octanol–water partition coefficient (Wildman–Crippen LogP) is 6.82. The van der Waals surface area contributed by atoms with Crippen molar-refractivity contribution >= 4 is 52.9 Å². The molecule has 1 aliphatic carbocycles. The van der Waals surface area contributed by atoms with Crippen LogP contribution in [0.2, 0.25) is 0 Å². The molecule has 5 rings (SSSR count). The van der Waals surface area contributed by atoms with Gasteiger partial charge in [0.15, 0.2) is 0 Å². The van der Waals surface area contributed by atoms with Crippen LogP contribution in [0.25, 0.3) is 0 Å². The topological polar surface area (TPSA) is 184 Å². The molecule has 0 aromatic heterocycles. The molecular weight excluding hydrogens is 899 g/mol. The predicted molar refractivity (Wildman–Crippen MR) is 259 cm³/mol. The molecule has 2 unspecified atom stereocenters. The molecule has 1 amide bonds. The number of Topliss-reactive ketones (excluding diaryl/α,β-unsaturated/α-hetero) is 2. The number of carbonyl (C=O) groups is 5. The summed E-state index contributed by atoms with van der Waals surface area (Å²) in [6, 6.07) is -1.14. The number of allylic oxidation sites excluding steroid dienone is 4. The number of ketones is 2. The number of nitrogens with zero attached hydrogens (tertiary/aromatic N) is 1. The SMILES string of the molecule is C=CC[C@@H]1/C=C(\C)C[C@H](C)C[C@H](OC)[C@H]2O[C@@](O)(C(=O)C(=O)N3CCCC[C@H]3C(=O)OC(/C(C)=C/[C@@H]3CC[C@@H](SCCCSC4CCOC4=O)[C@H](OC)C3)[C@H](C)[C@@H](O)CC1=O)[C@H](C)C[C@@H]2OC. The summed E-state index contributed by atoms with van der Waals surface area (Å²) in [5.41, 5.74) is 1.67. The number of rotatable bonds is 13. The van der Waals surface area contributed by atoms with E-state index in [1.165, 1.54) is 19.1 Å². The van der Waals surface area contributed by atoms with E-state index in [-0.39, 0.29) is 60.7 Å². The highest BCUT2D eigenvalue weighted by Gasteiger charge is 2.56. The summed E-state index contributed by atoms with van der Waals surface area (Å²) in [5.74, 6) is -5.88. The van der Waals surface area contributed by atoms with Gasteiger partial charge in [0.2, 0.25) is 5.79 Å². The summed E-state index contributed by atoms with van der Waals surface area (Å²) < 4.78 is 35.6. The first-order valence-electron chi connectivity index (χ1n) is 24.6. The van der Waals surface area contributed by atoms with Gasteiger partial charge in [-0.25, -0.2) is 4.79 Å². The average molecular weight is 978 g/mol. The molecule has 378 valence electrons. The molecule has 4 heterocycles. The minimum Gasteiger partial charge on any atom is -0.465 e. The summed E-state index contributed by atoms with van der Waals surface area (Å²) >= 11 is 3.57. The van der Waals surface area contributed by atoms with Crippen molar-refractivity contribution in [2.75, 3.05) is 46.0 Å². The van der Waals surface area contributed by atoms with Crippen molar-refractivity contribution in [1.29, 1.82) is 0 Å². The number of ether oxygens (including phenoxy) is 6. The molecule has 0 aromatic carbocycles. The third-order valence-corrected chi connectivity index (χ3v) is 17.5. The first-order valence-corrected chi connectivity index (χ1v) is 26.7. The second-order valence-corrected chi connectivity index (χ2v) is 22.4. The number of carbonyl (C=O) groups excluding carboxylic acids is 5. The molecule has 16 heteroatoms. The standard InChI is InChI=1S/C51H79NO13S2/c1-10-14-36-24-30(2)23-31(3)25-41(61-8)46-42(62-9)27-33(5)51(59,65-46)47(55)48(56)52-19-12-11-15-37(52)49(57)64-45(34(6)38(53)29-39(36)54)32(4)26-35-16-17-43(40(28-35)60-7)66-21-13-22-67-44-18-20-63-50(44)58/h10,24,26,31,33-38,40-46,53,59H,1,11-23,25,27-29H2,2-9H3/b30-24+,32-26+/t31-,33+,34+,35-,36+,37-,38-,40+,41-,42-,43+,44?,45?,46+,51+/m0/s1. The van der Waals surface area contributed by atoms with E-state index in [1.54, 1.807) is 38.8 Å². The zero-order chi connectivity index (χ0) is 49.0. The summed E-state index contributed by atoms with van der Waals surface area (Å²) in [4.78, 5) is 70.4. The van der Waals surface area contributed by atoms with Crippen molar-refractivity contribution in [3.8, 4) is 0 Å². The fourth-order valence-corrected chi connectivity index (χ4v) is 13.3. The Kier molecular flexibility index (Phi) is 21.5. The van der Waals surface area contributed by atoms with Crippen LogP contribution in [0.5, 0.6) is 0 Å². The number of aliphatic hydroxyl groups excluding tert-OH is 1. The Bertz CT molecular complexity index is 1770. The van der Waals surface area contributed by atoms with E-state index in [4.69, 9.17) is 28.4 Å². The zero-order valence-electron chi connectivity index (χ0n) is 41.2. The van der Waals surface area contributed by atoms with Gasteiger partial charge in [0, 0.05) is 63.7 Å². The Morgan fingerprint density at radius 3 is 2.28 bits per heavy atom. The van der Waals surface area contributed by atoms with E-state index in [9.17, 15) is 34.2 Å². The van der Waals surface area contributed by atoms with Gasteiger partial charge in [-0.3, -0.25) is 19.2 Å². The second-order valence-electron chi connectivity index (χ2n) is 19.8. The molecule has 15 atom stereocenters. The van der Waals surface area contributed by atoms with Crippen molar-refractivity contribution in [3.63, 3.8) is 0 Å². The number of esters is 2. The molecule has 1 saturated carbocycles. The van der Waals surface area contributed by atoms with E-state index < -0.39 is 77.8 Å². The van der Waals surface area contributed by atoms with Crippen LogP contribution in [0.15, 0.2) is 36.0 Å². The van der Waals surface area contributed by atoms with Crippen molar-refractivity contribution in [2.45, 2.75) is 177 Å². The minimum absolute atomic E-state index is 0.00694. The summed E-state index contributed by atoms with van der Waals surface area (Å²) in [5, 5.41) is 24.3. The van der Waals surface area contributed by atoms with Gasteiger partial charge in [-0.15, -0.1) is 18.3 Å². The van der Waals surface area contributed by atoms with Crippen molar-refractivity contribution in [3.05, 3.63) is 36.0 Å². The molecule has 5 aliphatic rings. The van der Waals surface area contributed by atoms with Gasteiger partial charge in [0.1, 0.15) is 29.3 Å². The number of piperidine rings is 1. The van der Waals surface area contributed by atoms with E-state index in [0.29, 0.717) is 49.5 Å². The fraction of sp³-hybridized carbons (Fsp3) is 0.784. The molecule has 0 aromatic rings. The van der Waals surface area contributed by atoms with Crippen LogP contribution in [-0.4, -0.2) is 149 Å². The Morgan fingerprint density at radius 2 is 1.61 bits per heavy atom. The van der Waals surface area contributed by atoms with Crippen LogP contribution in [0.4, 0.5) is 0 Å². The van der Waals surface area contributed by atoms with E-state index in [0.717, 1.165) is 49.2 Å². The number of hydrogen-bond acceptors (Lipinski definition) is 15. The zero-order valence-corrected chi connectivity index (χ0v) is 42.8. The van der Waals surface area contributed by atoms with E-state index in [2.05, 4.69) is 12.7 Å². The van der Waals surface area contributed by atoms with Gasteiger partial charge in [0.05, 0.1) is 31.0 Å². The van der Waals surface area contributed by atoms with Gasteiger partial charge in [0.25, 0.3) is 11.7 Å². The fourth-order valence-electron chi connectivity index (χ4n) is 10.7. The molecule has 3 saturated heterocycles. The van der Waals surface area contributed by atoms with Crippen LogP contribution >= 0.6 is 23.5 Å². The molecule has 67 heavy (non-hydrogen) atoms. The quantitative estimate of drug-likeness (QED) is 0.0848. The number of hydrogen-bond donors (Lipinski definition) is 2. The number of methoxy groups -OCH3 is 3. The lowest BCUT2D eigenvalue weighted by molar-refractivity contribution is -0.302. The molecule has 2 N–H and O–H groups in total. The molecule has 0 spiro atoms. The lowest BCUT2D eigenvalue weighted by Gasteiger charge is -2.47. The number of amides is 1. The van der Waals surface area contributed by atoms with Gasteiger partial charge >= 0.3 is 11.9 Å². The smallest absolute Gasteiger partial charge is 0.329 e. The molecule has 0 radical (unpaired) electrons. The van der Waals surface area contributed by atoms with Crippen molar-refractivity contribution in [2.24, 2.45) is 29.6 Å². The maximum Gasteiger partial charge on any atom is 0.329 e. The third kappa shape index (κ3) is 14.3. The Hall–Kier alpha value is -2.57. The van der Waals surface area contributed by atoms with Crippen LogP contribution in [0.3, 0.4) is 0 Å². The molecule has 4 fully saturated rings. The minimum atomic E-state index is -2.51. The van der Waals surface area contributed by atoms with Gasteiger partial charge in [-0.05, 0) is 113 Å². The number of thioether (sulfide) groups is 2. The first-order chi connectivity index (χ1) is 31.9. The summed E-state index contributed by atoms with van der Waals surface area (Å²) in [6.45, 7) is 13.8. The van der Waals surface area contributed by atoms with Crippen LogP contribution in [-0.2, 0) is 52.4 Å². The Balaban J connectivity index is 1.42. The number of cyclic esters (lactones) is 2. The number of aliphatic hydroxyl groups is 2. The number of fused-ring (bicyclic) bond motifs is 3. The van der Waals surface area contributed by atoms with Gasteiger partial charge < -0.3 is 43.5 Å². The normalized spacial score (nSPS) is 38.8. The maximum atomic E-state index is 14.5. The van der Waals surface area contributed by atoms with Gasteiger partial charge in [-0.2, -0.15) is 11.8 Å². The van der Waals surface area contributed by atoms with Gasteiger partial charge in [-0.1, -0.05) is 44.6 Å². The second kappa shape index (κ2) is 26.0. The molecule has 4 aliphatic heterocycles. The Morgan fingerprint density at radius 1 is 0.910 bits per heavy atom. The van der Waals surface area contributed by atoms with E-state index >= 15 is 0 Å². The van der Waals surface area contributed by atoms with E-state index in [1.807, 2.05) is 38.6 Å². The average Bonchev–Trinajstić information content (AvgIpc) is 3.73. The summed E-state index contributed by atoms with van der Waals surface area (Å²) in [7, 11) is 4.80. The lowest BCUT2D eigenvalue weighted by atomic mass is 9.82. The van der Waals surface area contributed by atoms with Crippen LogP contribution in [0.1, 0.15) is 118 Å². The highest BCUT2D eigenvalue weighted by molar-refractivity contribution is 8.01. The highest BCUT2D eigenvalue weighted by atomic mass is 32.2. The maximum absolute atomic E-state index is 14.5. The molecular formula is C51H79NO13S2. The largest absolute Gasteiger partial charge is 0.465 e. The third-order valence-electron chi connectivity index (χ3n) is 14.7. The summed E-state index contributed by atoms with van der Waals surface area (Å²) in [6.07, 6.45) is 8.58. The monoisotopic (exact) mass is 977 g/mol.